The first-order valence-electron chi connectivity index (χ1n) is 9.81. The molecular weight excluding hydrogens is 375 g/mol. The van der Waals surface area contributed by atoms with Gasteiger partial charge in [-0.25, -0.2) is 4.98 Å². The van der Waals surface area contributed by atoms with E-state index in [4.69, 9.17) is 0 Å². The number of aromatic nitrogens is 1. The van der Waals surface area contributed by atoms with Gasteiger partial charge in [0.1, 0.15) is 32.2 Å². The molecule has 150 valence electrons. The molecule has 1 fully saturated rings. The lowest BCUT2D eigenvalue weighted by Gasteiger charge is -2.34. The predicted octanol–water partition coefficient (Wildman–Crippen LogP) is 3.01. The Hall–Kier alpha value is -2.86. The van der Waals surface area contributed by atoms with E-state index in [0.717, 1.165) is 19.2 Å². The number of rotatable bonds is 4. The monoisotopic (exact) mass is 399 g/mol. The van der Waals surface area contributed by atoms with E-state index in [9.17, 15) is 13.2 Å². The first-order valence-corrected chi connectivity index (χ1v) is 9.81. The number of benzene rings is 2. The number of hydrogen-bond donors (Lipinski definition) is 1. The van der Waals surface area contributed by atoms with Crippen LogP contribution in [0.1, 0.15) is 22.7 Å². The molecule has 0 radical (unpaired) electrons. The molecule has 0 spiro atoms. The number of nitrogens with zero attached hydrogens (tertiary/aromatic N) is 1. The van der Waals surface area contributed by atoms with E-state index in [-0.39, 0.29) is 6.04 Å². The lowest BCUT2D eigenvalue weighted by Crippen LogP contribution is -3.15. The Morgan fingerprint density at radius 3 is 1.90 bits per heavy atom. The average molecular weight is 399 g/mol. The molecule has 3 aromatic rings. The molecule has 1 aliphatic heterocycles. The van der Waals surface area contributed by atoms with Crippen molar-refractivity contribution in [3.63, 3.8) is 0 Å². The second-order valence-electron chi connectivity index (χ2n) is 7.36. The summed E-state index contributed by atoms with van der Waals surface area (Å²) >= 11 is 0. The average Bonchev–Trinajstić information content (AvgIpc) is 2.76. The third-order valence-electron chi connectivity index (χ3n) is 5.53. The smallest absolute Gasteiger partial charge is 0.318 e. The molecule has 1 aliphatic rings. The molecular formula is C23H24F3N3+2. The van der Waals surface area contributed by atoms with Crippen molar-refractivity contribution < 1.29 is 23.1 Å². The van der Waals surface area contributed by atoms with Crippen LogP contribution in [0.2, 0.25) is 0 Å². The molecule has 1 aromatic heterocycles. The van der Waals surface area contributed by atoms with Gasteiger partial charge in [0.2, 0.25) is 0 Å². The minimum atomic E-state index is -4.33. The molecule has 0 unspecified atom stereocenters. The number of alkyl halides is 3. The van der Waals surface area contributed by atoms with E-state index in [1.165, 1.54) is 28.3 Å². The van der Waals surface area contributed by atoms with E-state index < -0.39 is 11.7 Å². The van der Waals surface area contributed by atoms with Crippen LogP contribution in [0.4, 0.5) is 19.0 Å². The van der Waals surface area contributed by atoms with Gasteiger partial charge in [0.15, 0.2) is 0 Å². The van der Waals surface area contributed by atoms with Crippen LogP contribution in [0.3, 0.4) is 0 Å². The zero-order chi connectivity index (χ0) is 20.3. The standard InChI is InChI=1S/C23H22F3N3/c24-23(25,26)20-11-12-27-21(17-20)28-13-15-29(16-14-28)22(18-7-3-1-4-8-18)19-9-5-2-6-10-19/h1-12,17,22H,13-16H2/p+2. The Morgan fingerprint density at radius 2 is 1.38 bits per heavy atom. The highest BCUT2D eigenvalue weighted by atomic mass is 19.4. The highest BCUT2D eigenvalue weighted by molar-refractivity contribution is 5.37. The van der Waals surface area contributed by atoms with Gasteiger partial charge in [-0.3, -0.25) is 4.90 Å². The van der Waals surface area contributed by atoms with Crippen LogP contribution < -0.4 is 14.8 Å². The van der Waals surface area contributed by atoms with Crippen LogP contribution in [0.5, 0.6) is 0 Å². The first-order chi connectivity index (χ1) is 14.0. The van der Waals surface area contributed by atoms with Crippen molar-refractivity contribution in [3.8, 4) is 0 Å². The van der Waals surface area contributed by atoms with Crippen LogP contribution in [-0.2, 0) is 6.18 Å². The maximum atomic E-state index is 13.0. The van der Waals surface area contributed by atoms with Gasteiger partial charge < -0.3 is 4.90 Å². The van der Waals surface area contributed by atoms with Gasteiger partial charge in [0.05, 0.1) is 11.8 Å². The summed E-state index contributed by atoms with van der Waals surface area (Å²) in [4.78, 5) is 6.40. The SMILES string of the molecule is FC(F)(F)c1cc[nH+]c(N2CC[NH+](C(c3ccccc3)c3ccccc3)CC2)c1. The van der Waals surface area contributed by atoms with Gasteiger partial charge in [0, 0.05) is 17.2 Å². The Kier molecular flexibility index (Phi) is 5.53. The largest absolute Gasteiger partial charge is 0.416 e. The highest BCUT2D eigenvalue weighted by Gasteiger charge is 2.35. The molecule has 0 bridgehead atoms. The lowest BCUT2D eigenvalue weighted by atomic mass is 9.96. The van der Waals surface area contributed by atoms with Crippen LogP contribution in [0.25, 0.3) is 0 Å². The first kappa shape index (κ1) is 19.5. The van der Waals surface area contributed by atoms with E-state index in [2.05, 4.69) is 53.5 Å². The number of anilines is 1. The van der Waals surface area contributed by atoms with Gasteiger partial charge in [-0.05, 0) is 6.07 Å². The minimum absolute atomic E-state index is 0.213. The normalized spacial score (nSPS) is 15.7. The van der Waals surface area contributed by atoms with Crippen LogP contribution in [0, 0.1) is 0 Å². The summed E-state index contributed by atoms with van der Waals surface area (Å²) in [6, 6.07) is 23.3. The summed E-state index contributed by atoms with van der Waals surface area (Å²) in [5.41, 5.74) is 1.90. The number of pyridine rings is 1. The van der Waals surface area contributed by atoms with Gasteiger partial charge in [0.25, 0.3) is 5.82 Å². The number of halogens is 3. The summed E-state index contributed by atoms with van der Waals surface area (Å²) < 4.78 is 39.1. The highest BCUT2D eigenvalue weighted by Crippen LogP contribution is 2.30. The zero-order valence-corrected chi connectivity index (χ0v) is 16.0. The number of quaternary nitrogens is 1. The second-order valence-corrected chi connectivity index (χ2v) is 7.36. The fraction of sp³-hybridized carbons (Fsp3) is 0.261. The van der Waals surface area contributed by atoms with Gasteiger partial charge >= 0.3 is 6.18 Å². The third-order valence-corrected chi connectivity index (χ3v) is 5.53. The van der Waals surface area contributed by atoms with Crippen molar-refractivity contribution >= 4 is 5.82 Å². The van der Waals surface area contributed by atoms with Gasteiger partial charge in [-0.15, -0.1) is 0 Å². The van der Waals surface area contributed by atoms with Crippen molar-refractivity contribution in [2.75, 3.05) is 31.1 Å². The molecule has 3 nitrogen and oxygen atoms in total. The molecule has 2 aromatic carbocycles. The quantitative estimate of drug-likeness (QED) is 0.716. The third kappa shape index (κ3) is 4.43. The molecule has 0 aliphatic carbocycles. The number of piperazine rings is 1. The maximum absolute atomic E-state index is 13.0. The number of nitrogens with one attached hydrogen (secondary N) is 2. The van der Waals surface area contributed by atoms with E-state index >= 15 is 0 Å². The molecule has 0 atom stereocenters. The van der Waals surface area contributed by atoms with Crippen LogP contribution >= 0.6 is 0 Å². The summed E-state index contributed by atoms with van der Waals surface area (Å²) in [7, 11) is 0. The van der Waals surface area contributed by atoms with Crippen LogP contribution in [-0.4, -0.2) is 26.2 Å². The Morgan fingerprint density at radius 1 is 0.828 bits per heavy atom. The van der Waals surface area contributed by atoms with Crippen molar-refractivity contribution in [2.24, 2.45) is 0 Å². The topological polar surface area (TPSA) is 21.8 Å². The molecule has 29 heavy (non-hydrogen) atoms. The fourth-order valence-corrected chi connectivity index (χ4v) is 4.09. The molecule has 4 rings (SSSR count). The molecule has 2 heterocycles. The lowest BCUT2D eigenvalue weighted by molar-refractivity contribution is -0.926. The number of H-pyrrole nitrogens is 1. The zero-order valence-electron chi connectivity index (χ0n) is 16.0. The van der Waals surface area contributed by atoms with Gasteiger partial charge in [-0.1, -0.05) is 60.7 Å². The summed E-state index contributed by atoms with van der Waals surface area (Å²) in [6.45, 7) is 3.09. The molecule has 2 N–H and O–H groups in total. The Balaban J connectivity index is 1.53. The van der Waals surface area contributed by atoms with Crippen molar-refractivity contribution in [1.82, 2.24) is 0 Å². The Bertz CT molecular complexity index is 881. The second kappa shape index (κ2) is 8.25. The van der Waals surface area contributed by atoms with Gasteiger partial charge in [-0.2, -0.15) is 13.2 Å². The predicted molar refractivity (Wildman–Crippen MR) is 106 cm³/mol. The molecule has 0 saturated carbocycles. The van der Waals surface area contributed by atoms with E-state index in [1.54, 1.807) is 0 Å². The van der Waals surface area contributed by atoms with E-state index in [1.807, 2.05) is 17.0 Å². The van der Waals surface area contributed by atoms with Crippen molar-refractivity contribution in [1.29, 1.82) is 0 Å². The number of hydrogen-bond acceptors (Lipinski definition) is 1. The Labute approximate surface area is 168 Å². The molecule has 6 heteroatoms. The minimum Gasteiger partial charge on any atom is -0.318 e. The molecule has 0 amide bonds. The van der Waals surface area contributed by atoms with E-state index in [0.29, 0.717) is 18.9 Å². The van der Waals surface area contributed by atoms with Crippen LogP contribution in [0.15, 0.2) is 79.0 Å². The summed E-state index contributed by atoms with van der Waals surface area (Å²) in [6.07, 6.45) is -2.96. The molecule has 1 saturated heterocycles. The number of aromatic amines is 1. The summed E-state index contributed by atoms with van der Waals surface area (Å²) in [5, 5.41) is 0. The maximum Gasteiger partial charge on any atom is 0.416 e. The van der Waals surface area contributed by atoms with Crippen molar-refractivity contribution in [3.05, 3.63) is 95.7 Å². The van der Waals surface area contributed by atoms with Crippen molar-refractivity contribution in [2.45, 2.75) is 12.2 Å². The summed E-state index contributed by atoms with van der Waals surface area (Å²) in [5.74, 6) is 0.523. The fourth-order valence-electron chi connectivity index (χ4n) is 4.09.